The van der Waals surface area contributed by atoms with Gasteiger partial charge in [-0.3, -0.25) is 4.40 Å². The molecule has 2 nitrogen and oxygen atoms in total. The van der Waals surface area contributed by atoms with Crippen molar-refractivity contribution < 1.29 is 0 Å². The first-order valence-electron chi connectivity index (χ1n) is 6.46. The Labute approximate surface area is 153 Å². The van der Waals surface area contributed by atoms with E-state index in [0.29, 0.717) is 0 Å². The van der Waals surface area contributed by atoms with Crippen LogP contribution in [0.15, 0.2) is 46.5 Å². The molecule has 0 atom stereocenters. The summed E-state index contributed by atoms with van der Waals surface area (Å²) in [7, 11) is 0. The first-order valence-corrected chi connectivity index (χ1v) is 10.4. The van der Waals surface area contributed by atoms with E-state index in [1.54, 1.807) is 11.3 Å². The number of benzene rings is 1. The van der Waals surface area contributed by atoms with Crippen LogP contribution < -0.4 is 0 Å². The van der Waals surface area contributed by atoms with Gasteiger partial charge in [0.2, 0.25) is 0 Å². The molecule has 110 valence electrons. The molecule has 0 saturated heterocycles. The summed E-state index contributed by atoms with van der Waals surface area (Å²) in [4.78, 5) is 5.78. The van der Waals surface area contributed by atoms with Gasteiger partial charge in [-0.1, -0.05) is 59.9 Å². The number of imidazole rings is 1. The third-order valence-electron chi connectivity index (χ3n) is 3.63. The predicted molar refractivity (Wildman–Crippen MR) is 100 cm³/mol. The van der Waals surface area contributed by atoms with Gasteiger partial charge in [0.05, 0.1) is 5.69 Å². The highest BCUT2D eigenvalue weighted by Gasteiger charge is 2.31. The van der Waals surface area contributed by atoms with E-state index in [2.05, 4.69) is 94.2 Å². The van der Waals surface area contributed by atoms with E-state index < -0.39 is 0 Å². The molecule has 6 heteroatoms. The molecule has 0 radical (unpaired) electrons. The van der Waals surface area contributed by atoms with Gasteiger partial charge < -0.3 is 0 Å². The Morgan fingerprint density at radius 1 is 1.14 bits per heavy atom. The third-order valence-corrected chi connectivity index (χ3v) is 7.08. The zero-order valence-corrected chi connectivity index (χ0v) is 16.7. The van der Waals surface area contributed by atoms with Gasteiger partial charge in [-0.05, 0) is 17.7 Å². The van der Waals surface area contributed by atoms with Crippen LogP contribution in [0.25, 0.3) is 4.96 Å². The van der Waals surface area contributed by atoms with Crippen molar-refractivity contribution in [2.24, 2.45) is 0 Å². The quantitative estimate of drug-likeness (QED) is 0.434. The Hall–Kier alpha value is -0.170. The summed E-state index contributed by atoms with van der Waals surface area (Å²) in [6.45, 7) is 0. The Kier molecular flexibility index (Phi) is 4.88. The largest absolute Gasteiger partial charge is 0.297 e. The lowest BCUT2D eigenvalue weighted by Gasteiger charge is -2.30. The van der Waals surface area contributed by atoms with Crippen LogP contribution in [0.5, 0.6) is 0 Å². The lowest BCUT2D eigenvalue weighted by molar-refractivity contribution is 0.544. The van der Waals surface area contributed by atoms with Gasteiger partial charge in [0.15, 0.2) is 4.96 Å². The van der Waals surface area contributed by atoms with Crippen molar-refractivity contribution in [3.8, 4) is 0 Å². The number of hydrogen-bond acceptors (Lipinski definition) is 2. The molecule has 1 aromatic carbocycles. The topological polar surface area (TPSA) is 17.3 Å². The number of rotatable bonds is 5. The maximum absolute atomic E-state index is 4.73. The lowest BCUT2D eigenvalue weighted by Crippen LogP contribution is -2.33. The molecule has 0 unspecified atom stereocenters. The standard InChI is InChI=1S/C15H13Br3N2S/c16-9-15(10-17,11-1-3-12(18)4-2-11)7-13-8-20-5-6-21-14(20)19-13/h1-6,8H,7,9-10H2. The number of hydrogen-bond donors (Lipinski definition) is 0. The minimum atomic E-state index is 0.00469. The van der Waals surface area contributed by atoms with E-state index >= 15 is 0 Å². The molecular formula is C15H13Br3N2S. The van der Waals surface area contributed by atoms with Crippen molar-refractivity contribution >= 4 is 64.1 Å². The third kappa shape index (κ3) is 3.14. The zero-order chi connectivity index (χ0) is 14.9. The molecule has 0 aliphatic rings. The van der Waals surface area contributed by atoms with E-state index in [4.69, 9.17) is 4.98 Å². The summed E-state index contributed by atoms with van der Waals surface area (Å²) in [6.07, 6.45) is 5.09. The van der Waals surface area contributed by atoms with Crippen LogP contribution in [0.1, 0.15) is 11.3 Å². The van der Waals surface area contributed by atoms with Gasteiger partial charge >= 0.3 is 0 Å². The Bertz CT molecular complexity index is 700. The molecule has 3 aromatic rings. The Balaban J connectivity index is 1.96. The summed E-state index contributed by atoms with van der Waals surface area (Å²) in [5.74, 6) is 0. The number of nitrogens with zero attached hydrogens (tertiary/aromatic N) is 2. The van der Waals surface area contributed by atoms with Gasteiger partial charge in [0.1, 0.15) is 0 Å². The van der Waals surface area contributed by atoms with Crippen molar-refractivity contribution in [1.29, 1.82) is 0 Å². The first kappa shape index (κ1) is 15.7. The first-order chi connectivity index (χ1) is 10.2. The maximum Gasteiger partial charge on any atom is 0.193 e. The Morgan fingerprint density at radius 2 is 1.86 bits per heavy atom. The van der Waals surface area contributed by atoms with Crippen LogP contribution in [0.2, 0.25) is 0 Å². The van der Waals surface area contributed by atoms with Gasteiger partial charge in [0, 0.05) is 44.7 Å². The molecule has 0 amide bonds. The highest BCUT2D eigenvalue weighted by Crippen LogP contribution is 2.33. The van der Waals surface area contributed by atoms with E-state index in [0.717, 1.165) is 32.2 Å². The number of fused-ring (bicyclic) bond motifs is 1. The van der Waals surface area contributed by atoms with Crippen molar-refractivity contribution in [1.82, 2.24) is 9.38 Å². The van der Waals surface area contributed by atoms with Crippen molar-refractivity contribution in [2.75, 3.05) is 10.7 Å². The smallest absolute Gasteiger partial charge is 0.193 e. The summed E-state index contributed by atoms with van der Waals surface area (Å²) in [5.41, 5.74) is 2.45. The molecule has 0 fully saturated rings. The highest BCUT2D eigenvalue weighted by atomic mass is 79.9. The van der Waals surface area contributed by atoms with Gasteiger partial charge in [-0.2, -0.15) is 0 Å². The zero-order valence-electron chi connectivity index (χ0n) is 11.1. The van der Waals surface area contributed by atoms with Crippen LogP contribution in [-0.2, 0) is 11.8 Å². The summed E-state index contributed by atoms with van der Waals surface area (Å²) >= 11 is 12.6. The van der Waals surface area contributed by atoms with Crippen molar-refractivity contribution in [3.63, 3.8) is 0 Å². The van der Waals surface area contributed by atoms with E-state index in [1.807, 2.05) is 0 Å². The molecule has 2 heterocycles. The minimum absolute atomic E-state index is 0.00469. The second kappa shape index (κ2) is 6.52. The summed E-state index contributed by atoms with van der Waals surface area (Å²) in [6, 6.07) is 8.57. The fourth-order valence-corrected chi connectivity index (χ4v) is 5.35. The van der Waals surface area contributed by atoms with Gasteiger partial charge in [0.25, 0.3) is 0 Å². The normalized spacial score (nSPS) is 12.1. The van der Waals surface area contributed by atoms with E-state index in [9.17, 15) is 0 Å². The average Bonchev–Trinajstić information content (AvgIpc) is 3.07. The SMILES string of the molecule is BrCC(CBr)(Cc1cn2ccsc2n1)c1ccc(Br)cc1. The molecule has 0 bridgehead atoms. The fraction of sp³-hybridized carbons (Fsp3) is 0.267. The molecule has 21 heavy (non-hydrogen) atoms. The van der Waals surface area contributed by atoms with Crippen LogP contribution in [0.4, 0.5) is 0 Å². The molecule has 0 aliphatic carbocycles. The highest BCUT2D eigenvalue weighted by molar-refractivity contribution is 9.10. The number of thiazole rings is 1. The molecular weight excluding hydrogens is 480 g/mol. The summed E-state index contributed by atoms with van der Waals surface area (Å²) in [5, 5.41) is 3.83. The average molecular weight is 493 g/mol. The number of alkyl halides is 2. The predicted octanol–water partition coefficient (Wildman–Crippen LogP) is 5.43. The van der Waals surface area contributed by atoms with E-state index in [1.165, 1.54) is 5.56 Å². The lowest BCUT2D eigenvalue weighted by atomic mass is 9.80. The van der Waals surface area contributed by atoms with E-state index in [-0.39, 0.29) is 5.41 Å². The van der Waals surface area contributed by atoms with Crippen LogP contribution in [0, 0.1) is 0 Å². The minimum Gasteiger partial charge on any atom is -0.297 e. The molecule has 2 aromatic heterocycles. The van der Waals surface area contributed by atoms with Crippen LogP contribution in [-0.4, -0.2) is 20.0 Å². The van der Waals surface area contributed by atoms with Gasteiger partial charge in [-0.25, -0.2) is 4.98 Å². The molecule has 0 aliphatic heterocycles. The van der Waals surface area contributed by atoms with Crippen molar-refractivity contribution in [2.45, 2.75) is 11.8 Å². The fourth-order valence-electron chi connectivity index (χ4n) is 2.40. The van der Waals surface area contributed by atoms with Crippen LogP contribution >= 0.6 is 59.1 Å². The second-order valence-electron chi connectivity index (χ2n) is 5.06. The number of halogens is 3. The maximum atomic E-state index is 4.73. The van der Waals surface area contributed by atoms with Gasteiger partial charge in [-0.15, -0.1) is 11.3 Å². The molecule has 3 rings (SSSR count). The summed E-state index contributed by atoms with van der Waals surface area (Å²) < 4.78 is 3.20. The van der Waals surface area contributed by atoms with Crippen LogP contribution in [0.3, 0.4) is 0 Å². The monoisotopic (exact) mass is 490 g/mol. The molecule has 0 N–H and O–H groups in total. The Morgan fingerprint density at radius 3 is 2.48 bits per heavy atom. The second-order valence-corrected chi connectivity index (χ2v) is 7.97. The molecule has 0 saturated carbocycles. The van der Waals surface area contributed by atoms with Crippen molar-refractivity contribution in [3.05, 3.63) is 57.8 Å². The number of aromatic nitrogens is 2. The molecule has 0 spiro atoms.